The number of carbonyl (C=O) groups excluding carboxylic acids is 1. The monoisotopic (exact) mass is 524 g/mol. The van der Waals surface area contributed by atoms with Crippen LogP contribution in [0.5, 0.6) is 17.2 Å². The lowest BCUT2D eigenvalue weighted by Gasteiger charge is -2.36. The highest BCUT2D eigenvalue weighted by atomic mass is 16.7. The summed E-state index contributed by atoms with van der Waals surface area (Å²) < 4.78 is 16.5. The standard InChI is InChI=1S/C30H40N2O6/c1-5-8-24(29(33)31(15-6-2)16-7-3)32-18-23(21-11-14-25-26(17-21)38-19-37-25)27(30(34)35)28(32)20-9-12-22(36-4)13-10-20/h9-14,17,23-24,27-28H,5-8,15-16,18-19H2,1-4H3,(H,34,35)/t23-,24-,27-,28+/m0/s1. The average molecular weight is 525 g/mol. The van der Waals surface area contributed by atoms with Crippen LogP contribution in [-0.4, -0.2) is 66.4 Å². The molecule has 0 spiro atoms. The molecule has 1 fully saturated rings. The lowest BCUT2D eigenvalue weighted by atomic mass is 9.82. The molecule has 2 aromatic rings. The molecule has 0 aromatic heterocycles. The Labute approximate surface area is 225 Å². The van der Waals surface area contributed by atoms with Crippen LogP contribution in [0.15, 0.2) is 42.5 Å². The number of carbonyl (C=O) groups is 2. The van der Waals surface area contributed by atoms with Crippen LogP contribution in [0, 0.1) is 5.92 Å². The van der Waals surface area contributed by atoms with Gasteiger partial charge >= 0.3 is 5.97 Å². The Morgan fingerprint density at radius 2 is 1.66 bits per heavy atom. The summed E-state index contributed by atoms with van der Waals surface area (Å²) in [5.74, 6) is 0.132. The average Bonchev–Trinajstić information content (AvgIpc) is 3.56. The van der Waals surface area contributed by atoms with E-state index in [0.717, 1.165) is 30.4 Å². The number of benzene rings is 2. The first kappa shape index (κ1) is 27.8. The molecule has 0 saturated carbocycles. The van der Waals surface area contributed by atoms with Gasteiger partial charge in [-0.1, -0.05) is 45.4 Å². The molecule has 0 radical (unpaired) electrons. The molecule has 38 heavy (non-hydrogen) atoms. The second kappa shape index (κ2) is 12.5. The van der Waals surface area contributed by atoms with E-state index in [0.29, 0.717) is 43.3 Å². The Kier molecular flexibility index (Phi) is 9.15. The fraction of sp³-hybridized carbons (Fsp3) is 0.533. The van der Waals surface area contributed by atoms with Crippen molar-refractivity contribution in [2.75, 3.05) is 33.5 Å². The number of carboxylic acid groups (broad SMARTS) is 1. The van der Waals surface area contributed by atoms with Crippen LogP contribution in [0.1, 0.15) is 69.5 Å². The highest BCUT2D eigenvalue weighted by Gasteiger charge is 2.51. The van der Waals surface area contributed by atoms with Gasteiger partial charge in [-0.2, -0.15) is 0 Å². The van der Waals surface area contributed by atoms with Crippen molar-refractivity contribution < 1.29 is 28.9 Å². The Balaban J connectivity index is 1.80. The Bertz CT molecular complexity index is 1100. The summed E-state index contributed by atoms with van der Waals surface area (Å²) in [6.07, 6.45) is 3.24. The Hall–Kier alpha value is -3.26. The van der Waals surface area contributed by atoms with Gasteiger partial charge in [0.1, 0.15) is 5.75 Å². The van der Waals surface area contributed by atoms with Crippen LogP contribution in [0.2, 0.25) is 0 Å². The van der Waals surface area contributed by atoms with Gasteiger partial charge in [-0.3, -0.25) is 14.5 Å². The number of ether oxygens (including phenoxy) is 3. The first-order chi connectivity index (χ1) is 18.4. The van der Waals surface area contributed by atoms with Gasteiger partial charge in [0.25, 0.3) is 0 Å². The number of hydrogen-bond acceptors (Lipinski definition) is 6. The molecule has 2 aromatic carbocycles. The number of nitrogens with zero attached hydrogens (tertiary/aromatic N) is 2. The molecule has 2 aliphatic rings. The van der Waals surface area contributed by atoms with Gasteiger partial charge in [0.15, 0.2) is 11.5 Å². The number of aliphatic carboxylic acids is 1. The normalized spacial score (nSPS) is 21.3. The first-order valence-corrected chi connectivity index (χ1v) is 13.7. The number of likely N-dealkylation sites (tertiary alicyclic amines) is 1. The minimum absolute atomic E-state index is 0.0875. The summed E-state index contributed by atoms with van der Waals surface area (Å²) in [4.78, 5) is 31.1. The van der Waals surface area contributed by atoms with E-state index in [9.17, 15) is 14.7 Å². The third-order valence-electron chi connectivity index (χ3n) is 7.65. The lowest BCUT2D eigenvalue weighted by molar-refractivity contribution is -0.145. The number of carboxylic acids is 1. The quantitative estimate of drug-likeness (QED) is 0.414. The summed E-state index contributed by atoms with van der Waals surface area (Å²) in [6.45, 7) is 8.24. The zero-order chi connectivity index (χ0) is 27.2. The molecule has 1 N–H and O–H groups in total. The minimum atomic E-state index is -0.877. The van der Waals surface area contributed by atoms with E-state index in [2.05, 4.69) is 25.7 Å². The highest BCUT2D eigenvalue weighted by Crippen LogP contribution is 2.49. The van der Waals surface area contributed by atoms with Crippen LogP contribution in [-0.2, 0) is 9.59 Å². The van der Waals surface area contributed by atoms with E-state index in [1.807, 2.05) is 47.4 Å². The minimum Gasteiger partial charge on any atom is -0.497 e. The van der Waals surface area contributed by atoms with Gasteiger partial charge in [0, 0.05) is 31.6 Å². The molecular formula is C30H40N2O6. The molecular weight excluding hydrogens is 484 g/mol. The van der Waals surface area contributed by atoms with E-state index in [-0.39, 0.29) is 18.6 Å². The van der Waals surface area contributed by atoms with Crippen LogP contribution < -0.4 is 14.2 Å². The molecule has 4 atom stereocenters. The van der Waals surface area contributed by atoms with Crippen molar-refractivity contribution in [3.63, 3.8) is 0 Å². The van der Waals surface area contributed by atoms with E-state index in [1.165, 1.54) is 0 Å². The third kappa shape index (κ3) is 5.60. The maximum atomic E-state index is 14.0. The molecule has 0 aliphatic carbocycles. The van der Waals surface area contributed by atoms with Crippen LogP contribution >= 0.6 is 0 Å². The lowest BCUT2D eigenvalue weighted by Crippen LogP contribution is -2.49. The van der Waals surface area contributed by atoms with Crippen LogP contribution in [0.4, 0.5) is 0 Å². The molecule has 8 heteroatoms. The third-order valence-corrected chi connectivity index (χ3v) is 7.65. The van der Waals surface area contributed by atoms with Crippen molar-refractivity contribution in [3.05, 3.63) is 53.6 Å². The summed E-state index contributed by atoms with van der Waals surface area (Å²) in [5.41, 5.74) is 1.75. The maximum Gasteiger partial charge on any atom is 0.309 e. The fourth-order valence-electron chi connectivity index (χ4n) is 5.95. The zero-order valence-corrected chi connectivity index (χ0v) is 22.9. The van der Waals surface area contributed by atoms with Crippen molar-refractivity contribution in [2.45, 2.75) is 64.5 Å². The van der Waals surface area contributed by atoms with Gasteiger partial charge in [-0.05, 0) is 54.7 Å². The van der Waals surface area contributed by atoms with Crippen molar-refractivity contribution >= 4 is 11.9 Å². The summed E-state index contributed by atoms with van der Waals surface area (Å²) in [7, 11) is 1.61. The van der Waals surface area contributed by atoms with Crippen molar-refractivity contribution in [1.29, 1.82) is 0 Å². The summed E-state index contributed by atoms with van der Waals surface area (Å²) >= 11 is 0. The number of methoxy groups -OCH3 is 1. The first-order valence-electron chi connectivity index (χ1n) is 13.7. The van der Waals surface area contributed by atoms with Gasteiger partial charge < -0.3 is 24.2 Å². The molecule has 2 heterocycles. The predicted octanol–water partition coefficient (Wildman–Crippen LogP) is 5.08. The van der Waals surface area contributed by atoms with Crippen molar-refractivity contribution in [1.82, 2.24) is 9.80 Å². The second-order valence-electron chi connectivity index (χ2n) is 10.1. The SMILES string of the molecule is CCC[C@@H](C(=O)N(CCC)CCC)N1C[C@@H](c2ccc3c(c2)OCO3)[C@H](C(=O)O)[C@H]1c1ccc(OC)cc1. The molecule has 0 bridgehead atoms. The molecule has 206 valence electrons. The number of amides is 1. The number of fused-ring (bicyclic) bond motifs is 1. The molecule has 1 saturated heterocycles. The van der Waals surface area contributed by atoms with E-state index in [4.69, 9.17) is 14.2 Å². The molecule has 0 unspecified atom stereocenters. The highest BCUT2D eigenvalue weighted by molar-refractivity contribution is 5.82. The summed E-state index contributed by atoms with van der Waals surface area (Å²) in [5, 5.41) is 10.6. The summed E-state index contributed by atoms with van der Waals surface area (Å²) in [6, 6.07) is 12.4. The van der Waals surface area contributed by atoms with Crippen LogP contribution in [0.25, 0.3) is 0 Å². The predicted molar refractivity (Wildman–Crippen MR) is 145 cm³/mol. The number of rotatable bonds is 12. The smallest absolute Gasteiger partial charge is 0.309 e. The Morgan fingerprint density at radius 1 is 1.00 bits per heavy atom. The largest absolute Gasteiger partial charge is 0.497 e. The molecule has 4 rings (SSSR count). The fourth-order valence-corrected chi connectivity index (χ4v) is 5.95. The molecule has 1 amide bonds. The Morgan fingerprint density at radius 3 is 2.26 bits per heavy atom. The van der Waals surface area contributed by atoms with E-state index in [1.54, 1.807) is 7.11 Å². The zero-order valence-electron chi connectivity index (χ0n) is 22.9. The topological polar surface area (TPSA) is 88.5 Å². The van der Waals surface area contributed by atoms with Gasteiger partial charge in [-0.25, -0.2) is 0 Å². The molecule has 8 nitrogen and oxygen atoms in total. The van der Waals surface area contributed by atoms with Gasteiger partial charge in [0.2, 0.25) is 12.7 Å². The molecule has 2 aliphatic heterocycles. The maximum absolute atomic E-state index is 14.0. The van der Waals surface area contributed by atoms with Gasteiger partial charge in [-0.15, -0.1) is 0 Å². The second-order valence-corrected chi connectivity index (χ2v) is 10.1. The van der Waals surface area contributed by atoms with Crippen molar-refractivity contribution in [3.8, 4) is 17.2 Å². The van der Waals surface area contributed by atoms with Gasteiger partial charge in [0.05, 0.1) is 19.1 Å². The van der Waals surface area contributed by atoms with Crippen LogP contribution in [0.3, 0.4) is 0 Å². The number of hydrogen-bond donors (Lipinski definition) is 1. The van der Waals surface area contributed by atoms with Crippen molar-refractivity contribution in [2.24, 2.45) is 5.92 Å². The van der Waals surface area contributed by atoms with E-state index < -0.39 is 24.0 Å². The van der Waals surface area contributed by atoms with E-state index >= 15 is 0 Å².